The highest BCUT2D eigenvalue weighted by Gasteiger charge is 2.14. The Balaban J connectivity index is 1.82. The number of methoxy groups -OCH3 is 1. The number of aromatic amines is 1. The molecule has 182 valence electrons. The van der Waals surface area contributed by atoms with Gasteiger partial charge in [0.2, 0.25) is 0 Å². The van der Waals surface area contributed by atoms with Crippen molar-refractivity contribution in [2.24, 2.45) is 0 Å². The molecule has 1 amide bonds. The van der Waals surface area contributed by atoms with Crippen molar-refractivity contribution >= 4 is 22.6 Å². The molecule has 0 aliphatic carbocycles. The number of amides is 1. The fourth-order valence-electron chi connectivity index (χ4n) is 3.62. The first-order valence-electron chi connectivity index (χ1n) is 11.4. The zero-order chi connectivity index (χ0) is 24.7. The van der Waals surface area contributed by atoms with Gasteiger partial charge < -0.3 is 19.7 Å². The lowest BCUT2D eigenvalue weighted by Gasteiger charge is -2.19. The predicted molar refractivity (Wildman–Crippen MR) is 131 cm³/mol. The number of carbonyl (C=O) groups excluding carboxylic acids is 1. The zero-order valence-electron chi connectivity index (χ0n) is 20.0. The Labute approximate surface area is 197 Å². The van der Waals surface area contributed by atoms with Crippen LogP contribution in [0.25, 0.3) is 11.0 Å². The van der Waals surface area contributed by atoms with Crippen molar-refractivity contribution in [3.05, 3.63) is 56.9 Å². The van der Waals surface area contributed by atoms with E-state index >= 15 is 0 Å². The molecule has 0 unspecified atom stereocenters. The molecular formula is C24H31N5O5. The maximum absolute atomic E-state index is 12.9. The summed E-state index contributed by atoms with van der Waals surface area (Å²) >= 11 is 0. The van der Waals surface area contributed by atoms with Crippen molar-refractivity contribution in [2.75, 3.05) is 38.7 Å². The van der Waals surface area contributed by atoms with Crippen LogP contribution < -0.4 is 26.0 Å². The van der Waals surface area contributed by atoms with E-state index in [-0.39, 0.29) is 16.6 Å². The van der Waals surface area contributed by atoms with Gasteiger partial charge in [0.05, 0.1) is 18.1 Å². The lowest BCUT2D eigenvalue weighted by molar-refractivity contribution is 0.102. The van der Waals surface area contributed by atoms with Crippen LogP contribution in [0.3, 0.4) is 0 Å². The maximum Gasteiger partial charge on any atom is 0.329 e. The van der Waals surface area contributed by atoms with Gasteiger partial charge in [0.25, 0.3) is 11.5 Å². The summed E-state index contributed by atoms with van der Waals surface area (Å²) in [5.74, 6) is 0.635. The van der Waals surface area contributed by atoms with Crippen molar-refractivity contribution < 1.29 is 14.3 Å². The van der Waals surface area contributed by atoms with Crippen molar-refractivity contribution in [1.29, 1.82) is 0 Å². The number of nitrogens with one attached hydrogen (secondary N) is 2. The zero-order valence-corrected chi connectivity index (χ0v) is 20.0. The van der Waals surface area contributed by atoms with E-state index in [0.717, 1.165) is 19.6 Å². The number of anilines is 1. The van der Waals surface area contributed by atoms with Crippen LogP contribution in [0.15, 0.2) is 40.1 Å². The van der Waals surface area contributed by atoms with Gasteiger partial charge in [-0.05, 0) is 37.7 Å². The third kappa shape index (κ3) is 5.63. The molecule has 2 aromatic heterocycles. The summed E-state index contributed by atoms with van der Waals surface area (Å²) in [6.45, 7) is 9.64. The van der Waals surface area contributed by atoms with Gasteiger partial charge in [0.1, 0.15) is 12.3 Å². The van der Waals surface area contributed by atoms with Gasteiger partial charge >= 0.3 is 5.69 Å². The molecule has 0 bridgehead atoms. The number of fused-ring (bicyclic) bond motifs is 1. The number of aryl methyl sites for hydroxylation is 1. The van der Waals surface area contributed by atoms with Crippen LogP contribution in [0.2, 0.25) is 0 Å². The summed E-state index contributed by atoms with van der Waals surface area (Å²) in [4.78, 5) is 46.1. The fraction of sp³-hybridized carbons (Fsp3) is 0.417. The van der Waals surface area contributed by atoms with Gasteiger partial charge in [-0.2, -0.15) is 0 Å². The standard InChI is InChI=1S/C24H31N5O5/c1-5-10-29-21-18(23(31)27-24(29)32)13-16(15-25-21)22(30)26-17-8-9-19(33-4)20(14-17)34-12-11-28(6-2)7-3/h8-9,13-15H,5-7,10-12H2,1-4H3,(H,26,30)(H,27,31,32). The quantitative estimate of drug-likeness (QED) is 0.443. The molecule has 0 radical (unpaired) electrons. The van der Waals surface area contributed by atoms with Gasteiger partial charge in [0.15, 0.2) is 11.5 Å². The highest BCUT2D eigenvalue weighted by Crippen LogP contribution is 2.30. The van der Waals surface area contributed by atoms with Gasteiger partial charge in [0, 0.05) is 31.0 Å². The summed E-state index contributed by atoms with van der Waals surface area (Å²) in [6.07, 6.45) is 2.05. The molecule has 0 saturated heterocycles. The number of aromatic nitrogens is 3. The molecule has 10 heteroatoms. The Morgan fingerprint density at radius 2 is 1.91 bits per heavy atom. The molecule has 1 aromatic carbocycles. The average Bonchev–Trinajstić information content (AvgIpc) is 2.84. The van der Waals surface area contributed by atoms with Crippen molar-refractivity contribution in [1.82, 2.24) is 19.4 Å². The van der Waals surface area contributed by atoms with Gasteiger partial charge in [-0.25, -0.2) is 9.78 Å². The van der Waals surface area contributed by atoms with Gasteiger partial charge in [-0.3, -0.25) is 19.1 Å². The molecule has 0 spiro atoms. The van der Waals surface area contributed by atoms with E-state index in [1.807, 2.05) is 6.92 Å². The van der Waals surface area contributed by atoms with Crippen LogP contribution in [0, 0.1) is 0 Å². The average molecular weight is 470 g/mol. The second kappa shape index (κ2) is 11.5. The monoisotopic (exact) mass is 469 g/mol. The summed E-state index contributed by atoms with van der Waals surface area (Å²) in [7, 11) is 1.56. The minimum absolute atomic E-state index is 0.177. The normalized spacial score (nSPS) is 11.1. The number of pyridine rings is 1. The SMILES string of the molecule is CCCn1c(=O)[nH]c(=O)c2cc(C(=O)Nc3ccc(OC)c(OCCN(CC)CC)c3)cnc21. The summed E-state index contributed by atoms with van der Waals surface area (Å²) in [6, 6.07) is 6.55. The predicted octanol–water partition coefficient (Wildman–Crippen LogP) is 2.48. The van der Waals surface area contributed by atoms with Crippen molar-refractivity contribution in [2.45, 2.75) is 33.7 Å². The minimum Gasteiger partial charge on any atom is -0.493 e. The Kier molecular flexibility index (Phi) is 8.42. The molecule has 3 rings (SSSR count). The minimum atomic E-state index is -0.581. The number of hydrogen-bond acceptors (Lipinski definition) is 7. The number of hydrogen-bond donors (Lipinski definition) is 2. The number of nitrogens with zero attached hydrogens (tertiary/aromatic N) is 3. The second-order valence-corrected chi connectivity index (χ2v) is 7.70. The Morgan fingerprint density at radius 1 is 1.15 bits per heavy atom. The first-order valence-corrected chi connectivity index (χ1v) is 11.4. The van der Waals surface area contributed by atoms with Gasteiger partial charge in [-0.1, -0.05) is 20.8 Å². The lowest BCUT2D eigenvalue weighted by Crippen LogP contribution is -2.31. The molecule has 3 aromatic rings. The third-order valence-corrected chi connectivity index (χ3v) is 5.52. The van der Waals surface area contributed by atoms with Crippen LogP contribution >= 0.6 is 0 Å². The maximum atomic E-state index is 12.9. The van der Waals surface area contributed by atoms with Gasteiger partial charge in [-0.15, -0.1) is 0 Å². The molecule has 10 nitrogen and oxygen atoms in total. The van der Waals surface area contributed by atoms with Crippen molar-refractivity contribution in [3.8, 4) is 11.5 Å². The molecule has 2 N–H and O–H groups in total. The number of ether oxygens (including phenoxy) is 2. The molecule has 34 heavy (non-hydrogen) atoms. The first-order chi connectivity index (χ1) is 16.4. The van der Waals surface area contributed by atoms with Crippen LogP contribution in [0.5, 0.6) is 11.5 Å². The van der Waals surface area contributed by atoms with E-state index in [2.05, 4.69) is 34.0 Å². The van der Waals surface area contributed by atoms with E-state index < -0.39 is 17.2 Å². The van der Waals surface area contributed by atoms with E-state index in [4.69, 9.17) is 9.47 Å². The van der Waals surface area contributed by atoms with Crippen LogP contribution in [0.4, 0.5) is 5.69 Å². The first kappa shape index (κ1) is 25.0. The Hall–Kier alpha value is -3.66. The number of H-pyrrole nitrogens is 1. The molecule has 0 aliphatic rings. The highest BCUT2D eigenvalue weighted by molar-refractivity contribution is 6.05. The molecule has 2 heterocycles. The van der Waals surface area contributed by atoms with Crippen molar-refractivity contribution in [3.63, 3.8) is 0 Å². The summed E-state index contributed by atoms with van der Waals surface area (Å²) < 4.78 is 12.7. The van der Waals surface area contributed by atoms with E-state index in [0.29, 0.717) is 36.8 Å². The third-order valence-electron chi connectivity index (χ3n) is 5.52. The molecule has 0 saturated carbocycles. The van der Waals surface area contributed by atoms with Crippen LogP contribution in [-0.2, 0) is 6.54 Å². The summed E-state index contributed by atoms with van der Waals surface area (Å²) in [5, 5.41) is 2.98. The molecular weight excluding hydrogens is 438 g/mol. The van der Waals surface area contributed by atoms with Crippen LogP contribution in [-0.4, -0.2) is 58.7 Å². The topological polar surface area (TPSA) is 119 Å². The number of carbonyl (C=O) groups is 1. The smallest absolute Gasteiger partial charge is 0.329 e. The number of likely N-dealkylation sites (N-methyl/N-ethyl adjacent to an activating group) is 1. The van der Waals surface area contributed by atoms with E-state index in [1.165, 1.54) is 16.8 Å². The molecule has 0 fully saturated rings. The Morgan fingerprint density at radius 3 is 2.59 bits per heavy atom. The Bertz CT molecular complexity index is 1260. The fourth-order valence-corrected chi connectivity index (χ4v) is 3.62. The molecule has 0 atom stereocenters. The lowest BCUT2D eigenvalue weighted by atomic mass is 10.2. The number of benzene rings is 1. The molecule has 0 aliphatic heterocycles. The van der Waals surface area contributed by atoms with E-state index in [1.54, 1.807) is 25.3 Å². The largest absolute Gasteiger partial charge is 0.493 e. The second-order valence-electron chi connectivity index (χ2n) is 7.70. The van der Waals surface area contributed by atoms with E-state index in [9.17, 15) is 14.4 Å². The summed E-state index contributed by atoms with van der Waals surface area (Å²) in [5.41, 5.74) is -0.146. The number of rotatable bonds is 11. The highest BCUT2D eigenvalue weighted by atomic mass is 16.5. The van der Waals surface area contributed by atoms with Crippen LogP contribution in [0.1, 0.15) is 37.6 Å².